The molecular formula is C16H27N3O. The van der Waals surface area contributed by atoms with Crippen molar-refractivity contribution in [1.82, 2.24) is 15.1 Å². The van der Waals surface area contributed by atoms with E-state index in [1.54, 1.807) is 0 Å². The number of hydrogen-bond acceptors (Lipinski definition) is 3. The number of hydrogen-bond donors (Lipinski definition) is 1. The Morgan fingerprint density at radius 1 is 1.05 bits per heavy atom. The molecule has 0 aromatic carbocycles. The Labute approximate surface area is 122 Å². The van der Waals surface area contributed by atoms with Gasteiger partial charge in [-0.25, -0.2) is 0 Å². The van der Waals surface area contributed by atoms with Crippen LogP contribution in [0.3, 0.4) is 0 Å². The topological polar surface area (TPSA) is 35.6 Å². The van der Waals surface area contributed by atoms with Gasteiger partial charge in [-0.05, 0) is 47.6 Å². The van der Waals surface area contributed by atoms with E-state index in [1.807, 2.05) is 4.90 Å². The Balaban J connectivity index is 2.47. The van der Waals surface area contributed by atoms with Gasteiger partial charge < -0.3 is 15.1 Å². The third-order valence-electron chi connectivity index (χ3n) is 3.82. The highest BCUT2D eigenvalue weighted by Crippen LogP contribution is 2.29. The lowest BCUT2D eigenvalue weighted by molar-refractivity contribution is -0.133. The lowest BCUT2D eigenvalue weighted by atomic mass is 10.0. The van der Waals surface area contributed by atoms with Gasteiger partial charge in [0, 0.05) is 30.7 Å². The third-order valence-corrected chi connectivity index (χ3v) is 3.82. The van der Waals surface area contributed by atoms with Crippen LogP contribution in [-0.2, 0) is 4.79 Å². The van der Waals surface area contributed by atoms with E-state index >= 15 is 0 Å². The molecule has 1 amide bonds. The van der Waals surface area contributed by atoms with Crippen molar-refractivity contribution in [3.8, 4) is 0 Å². The second-order valence-electron chi connectivity index (χ2n) is 7.50. The van der Waals surface area contributed by atoms with Gasteiger partial charge in [-0.1, -0.05) is 6.08 Å². The first-order valence-corrected chi connectivity index (χ1v) is 7.36. The van der Waals surface area contributed by atoms with Crippen LogP contribution in [0.4, 0.5) is 0 Å². The zero-order chi connectivity index (χ0) is 15.1. The Bertz CT molecular complexity index is 463. The molecule has 112 valence electrons. The van der Waals surface area contributed by atoms with Crippen LogP contribution in [0.1, 0.15) is 41.5 Å². The van der Waals surface area contributed by atoms with Crippen LogP contribution in [0, 0.1) is 0 Å². The predicted octanol–water partition coefficient (Wildman–Crippen LogP) is 2.10. The van der Waals surface area contributed by atoms with Crippen molar-refractivity contribution in [2.24, 2.45) is 0 Å². The quantitative estimate of drug-likeness (QED) is 0.736. The largest absolute Gasteiger partial charge is 0.381 e. The molecule has 2 aliphatic rings. The molecule has 0 saturated carbocycles. The third kappa shape index (κ3) is 2.69. The molecule has 0 fully saturated rings. The zero-order valence-corrected chi connectivity index (χ0v) is 13.6. The molecule has 2 aliphatic heterocycles. The summed E-state index contributed by atoms with van der Waals surface area (Å²) in [6.07, 6.45) is 4.13. The SMILES string of the molecule is CC(C)(C)N1CC=CC2=C(C1=O)N(C(C)(C)C)CCN2. The normalized spacial score (nSPS) is 20.8. The average molecular weight is 277 g/mol. The molecule has 2 rings (SSSR count). The maximum absolute atomic E-state index is 13.0. The van der Waals surface area contributed by atoms with E-state index in [0.717, 1.165) is 24.5 Å². The summed E-state index contributed by atoms with van der Waals surface area (Å²) in [6, 6.07) is 0. The first kappa shape index (κ1) is 14.9. The number of carbonyl (C=O) groups excluding carboxylic acids is 1. The first-order valence-electron chi connectivity index (χ1n) is 7.36. The summed E-state index contributed by atoms with van der Waals surface area (Å²) in [5.74, 6) is 0.125. The predicted molar refractivity (Wildman–Crippen MR) is 82.1 cm³/mol. The molecular weight excluding hydrogens is 250 g/mol. The summed E-state index contributed by atoms with van der Waals surface area (Å²) in [6.45, 7) is 15.1. The van der Waals surface area contributed by atoms with Crippen molar-refractivity contribution in [2.45, 2.75) is 52.6 Å². The molecule has 0 bridgehead atoms. The molecule has 4 heteroatoms. The number of carbonyl (C=O) groups is 1. The lowest BCUT2D eigenvalue weighted by Gasteiger charge is -2.44. The highest BCUT2D eigenvalue weighted by atomic mass is 16.2. The van der Waals surface area contributed by atoms with E-state index in [9.17, 15) is 4.79 Å². The monoisotopic (exact) mass is 277 g/mol. The molecule has 0 aromatic rings. The first-order chi connectivity index (χ1) is 9.12. The Hall–Kier alpha value is -1.45. The van der Waals surface area contributed by atoms with Gasteiger partial charge in [0.05, 0.1) is 5.70 Å². The van der Waals surface area contributed by atoms with Crippen LogP contribution < -0.4 is 5.32 Å². The molecule has 0 unspecified atom stereocenters. The molecule has 0 saturated heterocycles. The Morgan fingerprint density at radius 3 is 2.20 bits per heavy atom. The lowest BCUT2D eigenvalue weighted by Crippen LogP contribution is -2.55. The van der Waals surface area contributed by atoms with E-state index < -0.39 is 0 Å². The van der Waals surface area contributed by atoms with Crippen molar-refractivity contribution in [3.63, 3.8) is 0 Å². The van der Waals surface area contributed by atoms with E-state index in [2.05, 4.69) is 63.9 Å². The second-order valence-corrected chi connectivity index (χ2v) is 7.50. The van der Waals surface area contributed by atoms with Gasteiger partial charge in [0.1, 0.15) is 5.70 Å². The molecule has 2 heterocycles. The Kier molecular flexibility index (Phi) is 3.61. The fraction of sp³-hybridized carbons (Fsp3) is 0.688. The number of rotatable bonds is 0. The van der Waals surface area contributed by atoms with Crippen molar-refractivity contribution in [2.75, 3.05) is 19.6 Å². The molecule has 0 aromatic heterocycles. The molecule has 4 nitrogen and oxygen atoms in total. The minimum atomic E-state index is -0.176. The molecule has 0 spiro atoms. The summed E-state index contributed by atoms with van der Waals surface area (Å²) < 4.78 is 0. The number of nitrogens with one attached hydrogen (secondary N) is 1. The van der Waals surface area contributed by atoms with E-state index in [4.69, 9.17) is 0 Å². The smallest absolute Gasteiger partial charge is 0.273 e. The summed E-state index contributed by atoms with van der Waals surface area (Å²) in [7, 11) is 0. The standard InChI is InChI=1S/C16H27N3O/c1-15(2,3)18-11-9-17-12-8-7-10-19(16(4,5)6)14(20)13(12)18/h7-8,17H,9-11H2,1-6H3. The maximum atomic E-state index is 13.0. The van der Waals surface area contributed by atoms with Crippen LogP contribution in [-0.4, -0.2) is 46.4 Å². The van der Waals surface area contributed by atoms with Gasteiger partial charge in [0.2, 0.25) is 0 Å². The van der Waals surface area contributed by atoms with Crippen molar-refractivity contribution in [3.05, 3.63) is 23.5 Å². The fourth-order valence-electron chi connectivity index (χ4n) is 2.75. The molecule has 0 radical (unpaired) electrons. The van der Waals surface area contributed by atoms with Crippen LogP contribution in [0.25, 0.3) is 0 Å². The molecule has 0 atom stereocenters. The zero-order valence-electron chi connectivity index (χ0n) is 13.6. The highest BCUT2D eigenvalue weighted by Gasteiger charge is 2.38. The second kappa shape index (κ2) is 4.83. The highest BCUT2D eigenvalue weighted by molar-refractivity contribution is 5.95. The summed E-state index contributed by atoms with van der Waals surface area (Å²) in [5, 5.41) is 3.37. The summed E-state index contributed by atoms with van der Waals surface area (Å²) in [5.41, 5.74) is 1.54. The van der Waals surface area contributed by atoms with Crippen molar-refractivity contribution >= 4 is 5.91 Å². The van der Waals surface area contributed by atoms with Crippen molar-refractivity contribution < 1.29 is 4.79 Å². The van der Waals surface area contributed by atoms with Crippen LogP contribution in [0.2, 0.25) is 0 Å². The van der Waals surface area contributed by atoms with E-state index in [-0.39, 0.29) is 17.0 Å². The maximum Gasteiger partial charge on any atom is 0.273 e. The minimum absolute atomic E-state index is 0.0555. The molecule has 0 aliphatic carbocycles. The van der Waals surface area contributed by atoms with E-state index in [0.29, 0.717) is 6.54 Å². The van der Waals surface area contributed by atoms with Gasteiger partial charge in [0.25, 0.3) is 5.91 Å². The van der Waals surface area contributed by atoms with Crippen molar-refractivity contribution in [1.29, 1.82) is 0 Å². The van der Waals surface area contributed by atoms with Gasteiger partial charge in [-0.15, -0.1) is 0 Å². The van der Waals surface area contributed by atoms with Gasteiger partial charge in [-0.2, -0.15) is 0 Å². The number of allylic oxidation sites excluding steroid dienone is 1. The Morgan fingerprint density at radius 2 is 1.65 bits per heavy atom. The van der Waals surface area contributed by atoms with E-state index in [1.165, 1.54) is 0 Å². The average Bonchev–Trinajstić information content (AvgIpc) is 2.47. The van der Waals surface area contributed by atoms with Crippen LogP contribution in [0.15, 0.2) is 23.5 Å². The van der Waals surface area contributed by atoms with Gasteiger partial charge in [0.15, 0.2) is 0 Å². The van der Waals surface area contributed by atoms with Crippen LogP contribution >= 0.6 is 0 Å². The summed E-state index contributed by atoms with van der Waals surface area (Å²) in [4.78, 5) is 17.2. The van der Waals surface area contributed by atoms with Crippen LogP contribution in [0.5, 0.6) is 0 Å². The number of nitrogens with zero attached hydrogens (tertiary/aromatic N) is 2. The minimum Gasteiger partial charge on any atom is -0.381 e. The van der Waals surface area contributed by atoms with Gasteiger partial charge in [-0.3, -0.25) is 4.79 Å². The summed E-state index contributed by atoms with van der Waals surface area (Å²) >= 11 is 0. The number of amides is 1. The fourth-order valence-corrected chi connectivity index (χ4v) is 2.75. The molecule has 1 N–H and O–H groups in total. The van der Waals surface area contributed by atoms with Gasteiger partial charge >= 0.3 is 0 Å². The molecule has 20 heavy (non-hydrogen) atoms.